The number of rotatable bonds is 16. The van der Waals surface area contributed by atoms with Gasteiger partial charge in [-0.05, 0) is 18.4 Å². The van der Waals surface area contributed by atoms with E-state index in [0.29, 0.717) is 13.0 Å². The summed E-state index contributed by atoms with van der Waals surface area (Å²) in [5.41, 5.74) is 0.926. The number of aliphatic hydroxyl groups excluding tert-OH is 5. The molecule has 7 N–H and O–H groups in total. The van der Waals surface area contributed by atoms with Gasteiger partial charge in [0.15, 0.2) is 0 Å². The number of nitrogens with one attached hydrogen (secondary N) is 2. The molecule has 0 bridgehead atoms. The molecule has 182 valence electrons. The Morgan fingerprint density at radius 1 is 0.844 bits per heavy atom. The van der Waals surface area contributed by atoms with Gasteiger partial charge in [0, 0.05) is 19.5 Å². The monoisotopic (exact) mass is 456 g/mol. The van der Waals surface area contributed by atoms with E-state index < -0.39 is 37.1 Å². The van der Waals surface area contributed by atoms with Crippen molar-refractivity contribution in [2.75, 3.05) is 19.7 Å². The van der Waals surface area contributed by atoms with Crippen LogP contribution in [0.5, 0.6) is 0 Å². The predicted molar refractivity (Wildman–Crippen MR) is 116 cm³/mol. The van der Waals surface area contributed by atoms with E-state index in [0.717, 1.165) is 31.2 Å². The summed E-state index contributed by atoms with van der Waals surface area (Å²) >= 11 is 0. The van der Waals surface area contributed by atoms with Crippen LogP contribution in [0.1, 0.15) is 44.1 Å². The quantitative estimate of drug-likeness (QED) is 0.168. The molecule has 0 radical (unpaired) electrons. The number of ether oxygens (including phenoxy) is 1. The number of benzene rings is 1. The van der Waals surface area contributed by atoms with Crippen molar-refractivity contribution in [3.63, 3.8) is 0 Å². The molecule has 32 heavy (non-hydrogen) atoms. The van der Waals surface area contributed by atoms with Crippen molar-refractivity contribution in [1.29, 1.82) is 0 Å². The molecular weight excluding hydrogens is 420 g/mol. The van der Waals surface area contributed by atoms with Gasteiger partial charge >= 0.3 is 6.09 Å². The highest BCUT2D eigenvalue weighted by Crippen LogP contribution is 2.07. The molecule has 10 nitrogen and oxygen atoms in total. The molecule has 2 amide bonds. The highest BCUT2D eigenvalue weighted by atomic mass is 16.5. The summed E-state index contributed by atoms with van der Waals surface area (Å²) in [7, 11) is 0. The molecule has 1 aromatic rings. The van der Waals surface area contributed by atoms with E-state index >= 15 is 0 Å². The Balaban J connectivity index is 1.99. The van der Waals surface area contributed by atoms with Crippen LogP contribution in [-0.4, -0.2) is 81.6 Å². The van der Waals surface area contributed by atoms with Crippen LogP contribution in [0.2, 0.25) is 0 Å². The maximum absolute atomic E-state index is 11.8. The predicted octanol–water partition coefficient (Wildman–Crippen LogP) is -0.194. The topological polar surface area (TPSA) is 169 Å². The van der Waals surface area contributed by atoms with Gasteiger partial charge in [0.05, 0.1) is 12.7 Å². The van der Waals surface area contributed by atoms with Crippen LogP contribution in [0, 0.1) is 0 Å². The molecule has 0 aliphatic carbocycles. The van der Waals surface area contributed by atoms with Gasteiger partial charge in [-0.25, -0.2) is 4.79 Å². The third kappa shape index (κ3) is 12.0. The zero-order chi connectivity index (χ0) is 23.8. The van der Waals surface area contributed by atoms with Crippen molar-refractivity contribution in [2.24, 2.45) is 0 Å². The molecule has 0 heterocycles. The molecule has 0 unspecified atom stereocenters. The van der Waals surface area contributed by atoms with Crippen molar-refractivity contribution < 1.29 is 39.9 Å². The van der Waals surface area contributed by atoms with Crippen LogP contribution in [0.4, 0.5) is 4.79 Å². The molecule has 0 saturated carbocycles. The molecule has 0 fully saturated rings. The second-order valence-corrected chi connectivity index (χ2v) is 7.61. The summed E-state index contributed by atoms with van der Waals surface area (Å²) in [6.45, 7) is -0.284. The highest BCUT2D eigenvalue weighted by molar-refractivity contribution is 5.75. The lowest BCUT2D eigenvalue weighted by Gasteiger charge is -2.25. The van der Waals surface area contributed by atoms with Crippen molar-refractivity contribution in [2.45, 2.75) is 69.5 Å². The Labute approximate surface area is 188 Å². The summed E-state index contributed by atoms with van der Waals surface area (Å²) in [4.78, 5) is 23.4. The molecule has 4 atom stereocenters. The smallest absolute Gasteiger partial charge is 0.407 e. The summed E-state index contributed by atoms with van der Waals surface area (Å²) in [5, 5.41) is 52.1. The lowest BCUT2D eigenvalue weighted by Crippen LogP contribution is -2.49. The minimum absolute atomic E-state index is 0.232. The SMILES string of the molecule is O=C(CCCCCCCNC(=O)OCc1ccccc1)NC[C@H](O)[C@@H](O)[C@H](O)[C@H](O)CO. The zero-order valence-electron chi connectivity index (χ0n) is 18.2. The van der Waals surface area contributed by atoms with Crippen LogP contribution in [0.15, 0.2) is 30.3 Å². The maximum atomic E-state index is 11.8. The Morgan fingerprint density at radius 3 is 2.16 bits per heavy atom. The van der Waals surface area contributed by atoms with E-state index in [9.17, 15) is 30.0 Å². The van der Waals surface area contributed by atoms with E-state index in [-0.39, 0.29) is 25.5 Å². The average molecular weight is 457 g/mol. The number of aliphatic hydroxyl groups is 5. The summed E-state index contributed by atoms with van der Waals surface area (Å²) < 4.78 is 5.12. The summed E-state index contributed by atoms with van der Waals surface area (Å²) in [6.07, 6.45) is -2.55. The first-order valence-electron chi connectivity index (χ1n) is 10.9. The normalized spacial score (nSPS) is 14.8. The molecule has 0 aliphatic heterocycles. The lowest BCUT2D eigenvalue weighted by atomic mass is 10.0. The molecule has 10 heteroatoms. The summed E-state index contributed by atoms with van der Waals surface area (Å²) in [5.74, 6) is -0.295. The van der Waals surface area contributed by atoms with Gasteiger partial charge in [-0.2, -0.15) is 0 Å². The maximum Gasteiger partial charge on any atom is 0.407 e. The standard InChI is InChI=1S/C22H36N2O8/c25-14-18(27)21(30)20(29)17(26)13-24-19(28)11-7-2-1-3-8-12-23-22(31)32-15-16-9-5-4-6-10-16/h4-6,9-10,17-18,20-21,25-27,29-30H,1-3,7-8,11-15H2,(H,23,31)(H,24,28)/t17-,18+,20+,21+/m0/s1. The largest absolute Gasteiger partial charge is 0.445 e. The van der Waals surface area contributed by atoms with Crippen molar-refractivity contribution in [3.8, 4) is 0 Å². The minimum Gasteiger partial charge on any atom is -0.445 e. The lowest BCUT2D eigenvalue weighted by molar-refractivity contribution is -0.126. The minimum atomic E-state index is -1.72. The second-order valence-electron chi connectivity index (χ2n) is 7.61. The third-order valence-electron chi connectivity index (χ3n) is 4.90. The van der Waals surface area contributed by atoms with Crippen LogP contribution < -0.4 is 10.6 Å². The Morgan fingerprint density at radius 2 is 1.47 bits per heavy atom. The third-order valence-corrected chi connectivity index (χ3v) is 4.90. The van der Waals surface area contributed by atoms with Crippen LogP contribution in [-0.2, 0) is 16.1 Å². The van der Waals surface area contributed by atoms with Gasteiger partial charge in [-0.15, -0.1) is 0 Å². The molecule has 1 aromatic carbocycles. The molecular formula is C22H36N2O8. The number of hydrogen-bond acceptors (Lipinski definition) is 8. The zero-order valence-corrected chi connectivity index (χ0v) is 18.2. The number of carbonyl (C=O) groups excluding carboxylic acids is 2. The number of unbranched alkanes of at least 4 members (excludes halogenated alkanes) is 4. The molecule has 0 spiro atoms. The number of hydrogen-bond donors (Lipinski definition) is 7. The number of carbonyl (C=O) groups is 2. The Kier molecular flexibility index (Phi) is 14.2. The van der Waals surface area contributed by atoms with Gasteiger partial charge < -0.3 is 40.9 Å². The van der Waals surface area contributed by atoms with Gasteiger partial charge in [0.25, 0.3) is 0 Å². The molecule has 0 aromatic heterocycles. The van der Waals surface area contributed by atoms with E-state index in [1.807, 2.05) is 30.3 Å². The van der Waals surface area contributed by atoms with Gasteiger partial charge in [-0.3, -0.25) is 4.79 Å². The number of amides is 2. The van der Waals surface area contributed by atoms with Crippen LogP contribution in [0.25, 0.3) is 0 Å². The number of alkyl carbamates (subject to hydrolysis) is 1. The Bertz CT molecular complexity index is 646. The van der Waals surface area contributed by atoms with Crippen molar-refractivity contribution >= 4 is 12.0 Å². The van der Waals surface area contributed by atoms with E-state index in [4.69, 9.17) is 9.84 Å². The van der Waals surface area contributed by atoms with Crippen molar-refractivity contribution in [1.82, 2.24) is 10.6 Å². The average Bonchev–Trinajstić information content (AvgIpc) is 2.81. The fourth-order valence-electron chi connectivity index (χ4n) is 2.90. The fourth-order valence-corrected chi connectivity index (χ4v) is 2.90. The van der Waals surface area contributed by atoms with Crippen molar-refractivity contribution in [3.05, 3.63) is 35.9 Å². The van der Waals surface area contributed by atoms with Gasteiger partial charge in [0.2, 0.25) is 5.91 Å². The van der Waals surface area contributed by atoms with E-state index in [2.05, 4.69) is 10.6 Å². The first kappa shape index (κ1) is 27.8. The molecule has 1 rings (SSSR count). The van der Waals surface area contributed by atoms with Crippen LogP contribution >= 0.6 is 0 Å². The second kappa shape index (κ2) is 16.4. The van der Waals surface area contributed by atoms with Gasteiger partial charge in [-0.1, -0.05) is 49.6 Å². The first-order valence-corrected chi connectivity index (χ1v) is 10.9. The van der Waals surface area contributed by atoms with Crippen LogP contribution in [0.3, 0.4) is 0 Å². The fraction of sp³-hybridized carbons (Fsp3) is 0.636. The van der Waals surface area contributed by atoms with Gasteiger partial charge in [0.1, 0.15) is 24.9 Å². The summed E-state index contributed by atoms with van der Waals surface area (Å²) in [6, 6.07) is 9.42. The van der Waals surface area contributed by atoms with E-state index in [1.165, 1.54) is 0 Å². The Hall–Kier alpha value is -2.24. The first-order chi connectivity index (χ1) is 15.3. The molecule has 0 saturated heterocycles. The van der Waals surface area contributed by atoms with E-state index in [1.54, 1.807) is 0 Å². The highest BCUT2D eigenvalue weighted by Gasteiger charge is 2.30. The molecule has 0 aliphatic rings.